The van der Waals surface area contributed by atoms with Crippen LogP contribution in [0.15, 0.2) is 23.5 Å². The van der Waals surface area contributed by atoms with Gasteiger partial charge in [-0.05, 0) is 11.6 Å². The highest BCUT2D eigenvalue weighted by molar-refractivity contribution is 5.92. The molecule has 0 aromatic rings. The average molecular weight is 192 g/mol. The van der Waals surface area contributed by atoms with E-state index in [0.717, 1.165) is 0 Å². The van der Waals surface area contributed by atoms with Gasteiger partial charge in [0.25, 0.3) is 0 Å². The predicted octanol–water partition coefficient (Wildman–Crippen LogP) is 0.355. The lowest BCUT2D eigenvalue weighted by Gasteiger charge is -2.26. The molecule has 0 spiro atoms. The van der Waals surface area contributed by atoms with Gasteiger partial charge in [0.2, 0.25) is 6.29 Å². The molecule has 4 aliphatic rings. The zero-order valence-corrected chi connectivity index (χ0v) is 7.30. The molecular weight excluding hydrogens is 184 g/mol. The van der Waals surface area contributed by atoms with E-state index in [-0.39, 0.29) is 30.2 Å². The van der Waals surface area contributed by atoms with Crippen molar-refractivity contribution in [2.45, 2.75) is 12.4 Å². The number of ether oxygens (including phenoxy) is 3. The van der Waals surface area contributed by atoms with Crippen LogP contribution in [0.3, 0.4) is 0 Å². The molecule has 0 amide bonds. The van der Waals surface area contributed by atoms with E-state index < -0.39 is 0 Å². The first kappa shape index (κ1) is 7.06. The molecular formula is C10H8O4. The van der Waals surface area contributed by atoms with Crippen molar-refractivity contribution in [2.24, 2.45) is 11.8 Å². The van der Waals surface area contributed by atoms with Crippen molar-refractivity contribution in [1.29, 1.82) is 0 Å². The van der Waals surface area contributed by atoms with Crippen LogP contribution >= 0.6 is 0 Å². The van der Waals surface area contributed by atoms with Crippen LogP contribution in [0.2, 0.25) is 0 Å². The smallest absolute Gasteiger partial charge is 0.338 e. The minimum absolute atomic E-state index is 0.0657. The minimum atomic E-state index is -0.236. The Bertz CT molecular complexity index is 395. The van der Waals surface area contributed by atoms with E-state index in [9.17, 15) is 4.79 Å². The van der Waals surface area contributed by atoms with Gasteiger partial charge < -0.3 is 14.2 Å². The maximum Gasteiger partial charge on any atom is 0.338 e. The van der Waals surface area contributed by atoms with E-state index in [2.05, 4.69) is 0 Å². The molecule has 72 valence electrons. The van der Waals surface area contributed by atoms with Crippen molar-refractivity contribution in [3.05, 3.63) is 23.5 Å². The standard InChI is InChI=1S/C10H8O4/c11-9-5-3-13-10-7-4(2-12-10)1-6(14-9)8(5)7/h1,3,6-8,10H,2H2. The Hall–Kier alpha value is -1.29. The molecule has 4 atom stereocenters. The van der Waals surface area contributed by atoms with Crippen molar-refractivity contribution in [1.82, 2.24) is 0 Å². The molecule has 4 nitrogen and oxygen atoms in total. The van der Waals surface area contributed by atoms with E-state index >= 15 is 0 Å². The first-order valence-corrected chi connectivity index (χ1v) is 4.73. The minimum Gasteiger partial charge on any atom is -0.471 e. The van der Waals surface area contributed by atoms with E-state index in [0.29, 0.717) is 12.2 Å². The number of rotatable bonds is 0. The summed E-state index contributed by atoms with van der Waals surface area (Å²) in [6.45, 7) is 0.612. The highest BCUT2D eigenvalue weighted by Gasteiger charge is 2.57. The molecule has 0 aromatic heterocycles. The molecule has 0 bridgehead atoms. The Morgan fingerprint density at radius 1 is 1.36 bits per heavy atom. The fourth-order valence-electron chi connectivity index (χ4n) is 2.83. The summed E-state index contributed by atoms with van der Waals surface area (Å²) in [4.78, 5) is 11.4. The molecule has 2 saturated heterocycles. The summed E-state index contributed by atoms with van der Waals surface area (Å²) < 4.78 is 16.0. The van der Waals surface area contributed by atoms with Gasteiger partial charge in [0.1, 0.15) is 6.10 Å². The van der Waals surface area contributed by atoms with Crippen LogP contribution in [-0.2, 0) is 19.0 Å². The largest absolute Gasteiger partial charge is 0.471 e. The molecule has 0 aromatic carbocycles. The molecule has 0 saturated carbocycles. The summed E-state index contributed by atoms with van der Waals surface area (Å²) in [5.41, 5.74) is 1.90. The van der Waals surface area contributed by atoms with Gasteiger partial charge in [0.05, 0.1) is 24.4 Å². The van der Waals surface area contributed by atoms with Crippen LogP contribution in [0.5, 0.6) is 0 Å². The molecule has 3 heterocycles. The summed E-state index contributed by atoms with van der Waals surface area (Å²) in [7, 11) is 0. The zero-order valence-electron chi connectivity index (χ0n) is 7.30. The molecule has 0 N–H and O–H groups in total. The monoisotopic (exact) mass is 192 g/mol. The van der Waals surface area contributed by atoms with Gasteiger partial charge in [-0.2, -0.15) is 0 Å². The van der Waals surface area contributed by atoms with Gasteiger partial charge in [-0.25, -0.2) is 4.79 Å². The Kier molecular flexibility index (Phi) is 1.02. The molecule has 3 aliphatic heterocycles. The maximum atomic E-state index is 11.4. The van der Waals surface area contributed by atoms with Crippen LogP contribution in [0.1, 0.15) is 0 Å². The predicted molar refractivity (Wildman–Crippen MR) is 43.9 cm³/mol. The lowest BCUT2D eigenvalue weighted by molar-refractivity contribution is -0.137. The molecule has 4 unspecified atom stereocenters. The van der Waals surface area contributed by atoms with Crippen molar-refractivity contribution < 1.29 is 19.0 Å². The summed E-state index contributed by atoms with van der Waals surface area (Å²) in [6.07, 6.45) is 3.26. The number of hydrogen-bond donors (Lipinski definition) is 0. The van der Waals surface area contributed by atoms with Gasteiger partial charge in [-0.1, -0.05) is 0 Å². The van der Waals surface area contributed by atoms with Crippen molar-refractivity contribution in [3.63, 3.8) is 0 Å². The van der Waals surface area contributed by atoms with Crippen LogP contribution in [0, 0.1) is 11.8 Å². The molecule has 1 aliphatic carbocycles. The van der Waals surface area contributed by atoms with E-state index in [1.54, 1.807) is 0 Å². The Labute approximate surface area is 80.1 Å². The topological polar surface area (TPSA) is 44.8 Å². The summed E-state index contributed by atoms with van der Waals surface area (Å²) in [5, 5.41) is 0. The normalized spacial score (nSPS) is 46.7. The molecule has 0 radical (unpaired) electrons. The van der Waals surface area contributed by atoms with Gasteiger partial charge in [-0.3, -0.25) is 0 Å². The van der Waals surface area contributed by atoms with Gasteiger partial charge in [0.15, 0.2) is 0 Å². The fraction of sp³-hybridized carbons (Fsp3) is 0.500. The second-order valence-corrected chi connectivity index (χ2v) is 4.05. The second-order valence-electron chi connectivity index (χ2n) is 4.05. The number of carbonyl (C=O) groups is 1. The van der Waals surface area contributed by atoms with Gasteiger partial charge in [-0.15, -0.1) is 0 Å². The maximum absolute atomic E-state index is 11.4. The summed E-state index contributed by atoms with van der Waals surface area (Å²) in [6, 6.07) is 0. The average Bonchev–Trinajstić information content (AvgIpc) is 2.79. The lowest BCUT2D eigenvalue weighted by Crippen LogP contribution is -2.31. The van der Waals surface area contributed by atoms with Gasteiger partial charge in [0, 0.05) is 5.92 Å². The molecule has 2 fully saturated rings. The van der Waals surface area contributed by atoms with Crippen molar-refractivity contribution >= 4 is 5.97 Å². The highest BCUT2D eigenvalue weighted by Crippen LogP contribution is 2.51. The molecule has 4 heteroatoms. The third kappa shape index (κ3) is 0.609. The first-order chi connectivity index (χ1) is 6.84. The highest BCUT2D eigenvalue weighted by atomic mass is 16.7. The van der Waals surface area contributed by atoms with Crippen LogP contribution in [-0.4, -0.2) is 25.0 Å². The number of carbonyl (C=O) groups excluding carboxylic acids is 1. The number of esters is 1. The van der Waals surface area contributed by atoms with E-state index in [1.807, 2.05) is 6.08 Å². The summed E-state index contributed by atoms with van der Waals surface area (Å²) >= 11 is 0. The van der Waals surface area contributed by atoms with E-state index in [4.69, 9.17) is 14.2 Å². The molecule has 14 heavy (non-hydrogen) atoms. The quantitative estimate of drug-likeness (QED) is 0.410. The van der Waals surface area contributed by atoms with Crippen LogP contribution in [0.4, 0.5) is 0 Å². The molecule has 4 rings (SSSR count). The van der Waals surface area contributed by atoms with Crippen molar-refractivity contribution in [2.75, 3.05) is 6.61 Å². The Balaban J connectivity index is 1.92. The van der Waals surface area contributed by atoms with E-state index in [1.165, 1.54) is 11.8 Å². The zero-order chi connectivity index (χ0) is 9.28. The number of hydrogen-bond acceptors (Lipinski definition) is 4. The fourth-order valence-corrected chi connectivity index (χ4v) is 2.83. The third-order valence-electron chi connectivity index (χ3n) is 3.42. The second kappa shape index (κ2) is 2.03. The van der Waals surface area contributed by atoms with Crippen LogP contribution in [0.25, 0.3) is 0 Å². The van der Waals surface area contributed by atoms with Gasteiger partial charge >= 0.3 is 5.97 Å². The Morgan fingerprint density at radius 3 is 3.21 bits per heavy atom. The Morgan fingerprint density at radius 2 is 2.29 bits per heavy atom. The third-order valence-corrected chi connectivity index (χ3v) is 3.42. The van der Waals surface area contributed by atoms with Crippen LogP contribution < -0.4 is 0 Å². The SMILES string of the molecule is O=C1OC2C=C3COC4OC=C1C2C34. The lowest BCUT2D eigenvalue weighted by atomic mass is 9.85. The summed E-state index contributed by atoms with van der Waals surface area (Å²) in [5.74, 6) is 0.130. The van der Waals surface area contributed by atoms with Crippen molar-refractivity contribution in [3.8, 4) is 0 Å². The first-order valence-electron chi connectivity index (χ1n) is 4.73.